The molecule has 7 nitrogen and oxygen atoms in total. The minimum Gasteiger partial charge on any atom is -0.439 e. The first-order valence-electron chi connectivity index (χ1n) is 12.5. The molecule has 0 saturated carbocycles. The van der Waals surface area contributed by atoms with Gasteiger partial charge in [0, 0.05) is 36.3 Å². The molecule has 37 heavy (non-hydrogen) atoms. The van der Waals surface area contributed by atoms with Crippen molar-refractivity contribution in [2.24, 2.45) is 0 Å². The largest absolute Gasteiger partial charge is 0.439 e. The number of hydrogen-bond acceptors (Lipinski definition) is 6. The number of nitrogens with zero attached hydrogens (tertiary/aromatic N) is 4. The zero-order chi connectivity index (χ0) is 25.0. The van der Waals surface area contributed by atoms with Gasteiger partial charge in [0.25, 0.3) is 0 Å². The first-order valence-corrected chi connectivity index (χ1v) is 12.5. The van der Waals surface area contributed by atoms with Crippen molar-refractivity contribution in [2.45, 2.75) is 25.8 Å². The number of rotatable bonds is 7. The summed E-state index contributed by atoms with van der Waals surface area (Å²) in [5.74, 6) is 0.668. The van der Waals surface area contributed by atoms with Crippen LogP contribution >= 0.6 is 0 Å². The number of nitrogens with one attached hydrogen (secondary N) is 2. The van der Waals surface area contributed by atoms with E-state index in [0.29, 0.717) is 18.2 Å². The lowest BCUT2D eigenvalue weighted by Crippen LogP contribution is -2.29. The first kappa shape index (κ1) is 23.0. The molecule has 186 valence electrons. The fraction of sp³-hybridized carbons (Fsp3) is 0.207. The molecule has 0 unspecified atom stereocenters. The van der Waals surface area contributed by atoms with Crippen LogP contribution in [0.1, 0.15) is 25.0 Å². The molecule has 0 atom stereocenters. The monoisotopic (exact) mass is 494 g/mol. The molecule has 0 aliphatic carbocycles. The van der Waals surface area contributed by atoms with Gasteiger partial charge in [0.1, 0.15) is 11.6 Å². The quantitative estimate of drug-likeness (QED) is 0.267. The number of benzene rings is 2. The summed E-state index contributed by atoms with van der Waals surface area (Å²) in [7, 11) is 0. The fourth-order valence-corrected chi connectivity index (χ4v) is 4.65. The van der Waals surface area contributed by atoms with E-state index in [1.165, 1.54) is 37.1 Å². The van der Waals surface area contributed by atoms with Gasteiger partial charge in [-0.3, -0.25) is 10.1 Å². The second-order valence-electron chi connectivity index (χ2n) is 9.21. The second-order valence-corrected chi connectivity index (χ2v) is 9.21. The average Bonchev–Trinajstić information content (AvgIpc) is 3.37. The Morgan fingerprint density at radius 2 is 1.76 bits per heavy atom. The third-order valence-electron chi connectivity index (χ3n) is 6.65. The van der Waals surface area contributed by atoms with Crippen molar-refractivity contribution in [1.29, 1.82) is 0 Å². The third kappa shape index (κ3) is 5.23. The van der Waals surface area contributed by atoms with Gasteiger partial charge in [0.05, 0.1) is 41.5 Å². The van der Waals surface area contributed by atoms with Crippen LogP contribution in [0, 0.1) is 5.82 Å². The van der Waals surface area contributed by atoms with Crippen LogP contribution in [0.4, 0.5) is 15.8 Å². The number of aromatic nitrogens is 4. The Labute approximate surface area is 214 Å². The van der Waals surface area contributed by atoms with E-state index in [0.717, 1.165) is 46.5 Å². The molecule has 0 bridgehead atoms. The van der Waals surface area contributed by atoms with Gasteiger partial charge in [-0.25, -0.2) is 9.37 Å². The van der Waals surface area contributed by atoms with E-state index in [9.17, 15) is 4.39 Å². The lowest BCUT2D eigenvalue weighted by atomic mass is 10.0. The molecule has 2 aromatic carbocycles. The van der Waals surface area contributed by atoms with Gasteiger partial charge in [-0.15, -0.1) is 0 Å². The van der Waals surface area contributed by atoms with Crippen LogP contribution in [-0.2, 0) is 6.54 Å². The number of fused-ring (bicyclic) bond motifs is 1. The standard InChI is InChI=1S/C29H27FN6O/c30-22-5-8-25(9-6-22)37-29-11-7-23(17-33-29)32-19-28-26-15-20(4-10-27(26)34-35-28)21-14-24(18-31-16-21)36-12-2-1-3-13-36/h4-11,14-18,32H,1-3,12-13,19H2,(H,34,35). The molecule has 8 heteroatoms. The molecule has 1 saturated heterocycles. The molecule has 1 aliphatic rings. The lowest BCUT2D eigenvalue weighted by molar-refractivity contribution is 0.461. The van der Waals surface area contributed by atoms with Crippen LogP contribution in [0.2, 0.25) is 0 Å². The van der Waals surface area contributed by atoms with Crippen LogP contribution in [0.15, 0.2) is 79.3 Å². The Kier molecular flexibility index (Phi) is 6.37. The molecular formula is C29H27FN6O. The van der Waals surface area contributed by atoms with Crippen LogP contribution in [-0.4, -0.2) is 33.3 Å². The normalized spacial score (nSPS) is 13.6. The fourth-order valence-electron chi connectivity index (χ4n) is 4.65. The Hall–Kier alpha value is -4.46. The summed E-state index contributed by atoms with van der Waals surface area (Å²) < 4.78 is 18.7. The number of ether oxygens (including phenoxy) is 1. The number of halogens is 1. The predicted octanol–water partition coefficient (Wildman–Crippen LogP) is 6.55. The van der Waals surface area contributed by atoms with Gasteiger partial charge >= 0.3 is 0 Å². The van der Waals surface area contributed by atoms with Crippen molar-refractivity contribution in [3.8, 4) is 22.8 Å². The molecule has 5 aromatic rings. The van der Waals surface area contributed by atoms with Crippen molar-refractivity contribution in [3.63, 3.8) is 0 Å². The number of hydrogen-bond donors (Lipinski definition) is 2. The number of pyridine rings is 2. The average molecular weight is 495 g/mol. The maximum absolute atomic E-state index is 13.1. The van der Waals surface area contributed by atoms with E-state index in [-0.39, 0.29) is 5.82 Å². The molecule has 6 rings (SSSR count). The third-order valence-corrected chi connectivity index (χ3v) is 6.65. The van der Waals surface area contributed by atoms with Crippen LogP contribution in [0.3, 0.4) is 0 Å². The summed E-state index contributed by atoms with van der Waals surface area (Å²) in [6, 6.07) is 18.1. The van der Waals surface area contributed by atoms with Crippen molar-refractivity contribution in [2.75, 3.05) is 23.3 Å². The number of anilines is 2. The highest BCUT2D eigenvalue weighted by Crippen LogP contribution is 2.29. The van der Waals surface area contributed by atoms with Crippen molar-refractivity contribution in [3.05, 3.63) is 90.8 Å². The molecule has 1 fully saturated rings. The maximum atomic E-state index is 13.1. The Morgan fingerprint density at radius 1 is 0.892 bits per heavy atom. The minimum absolute atomic E-state index is 0.305. The number of piperidine rings is 1. The number of H-pyrrole nitrogens is 1. The van der Waals surface area contributed by atoms with E-state index in [1.807, 2.05) is 24.5 Å². The molecule has 4 heterocycles. The highest BCUT2D eigenvalue weighted by molar-refractivity contribution is 5.87. The van der Waals surface area contributed by atoms with Gasteiger partial charge < -0.3 is 15.0 Å². The van der Waals surface area contributed by atoms with E-state index < -0.39 is 0 Å². The lowest BCUT2D eigenvalue weighted by Gasteiger charge is -2.28. The summed E-state index contributed by atoms with van der Waals surface area (Å²) >= 11 is 0. The van der Waals surface area contributed by atoms with Gasteiger partial charge in [-0.2, -0.15) is 5.10 Å². The van der Waals surface area contributed by atoms with Crippen LogP contribution < -0.4 is 15.0 Å². The Morgan fingerprint density at radius 3 is 2.57 bits per heavy atom. The minimum atomic E-state index is -0.305. The van der Waals surface area contributed by atoms with E-state index in [4.69, 9.17) is 4.74 Å². The van der Waals surface area contributed by atoms with Crippen LogP contribution in [0.25, 0.3) is 22.0 Å². The summed E-state index contributed by atoms with van der Waals surface area (Å²) in [6.45, 7) is 2.75. The SMILES string of the molecule is Fc1ccc(Oc2ccc(NCc3[nH]nc4ccc(-c5cncc(N6CCCCC6)c5)cc34)cn2)cc1. The number of aromatic amines is 1. The Balaban J connectivity index is 1.16. The first-order chi connectivity index (χ1) is 18.2. The zero-order valence-corrected chi connectivity index (χ0v) is 20.3. The highest BCUT2D eigenvalue weighted by atomic mass is 19.1. The van der Waals surface area contributed by atoms with Gasteiger partial charge in [0.15, 0.2) is 0 Å². The summed E-state index contributed by atoms with van der Waals surface area (Å²) in [6.07, 6.45) is 9.38. The molecular weight excluding hydrogens is 467 g/mol. The van der Waals surface area contributed by atoms with Crippen molar-refractivity contribution in [1.82, 2.24) is 20.2 Å². The van der Waals surface area contributed by atoms with Gasteiger partial charge in [0.2, 0.25) is 5.88 Å². The second kappa shape index (κ2) is 10.3. The highest BCUT2D eigenvalue weighted by Gasteiger charge is 2.13. The molecule has 0 amide bonds. The zero-order valence-electron chi connectivity index (χ0n) is 20.3. The summed E-state index contributed by atoms with van der Waals surface area (Å²) in [5, 5.41) is 12.1. The van der Waals surface area contributed by atoms with Gasteiger partial charge in [-0.05, 0) is 73.4 Å². The molecule has 2 N–H and O–H groups in total. The summed E-state index contributed by atoms with van der Waals surface area (Å²) in [4.78, 5) is 11.3. The topological polar surface area (TPSA) is 79.0 Å². The van der Waals surface area contributed by atoms with E-state index in [1.54, 1.807) is 24.4 Å². The van der Waals surface area contributed by atoms with E-state index >= 15 is 0 Å². The van der Waals surface area contributed by atoms with Crippen molar-refractivity contribution < 1.29 is 9.13 Å². The van der Waals surface area contributed by atoms with Crippen molar-refractivity contribution >= 4 is 22.3 Å². The molecule has 0 radical (unpaired) electrons. The summed E-state index contributed by atoms with van der Waals surface area (Å²) in [5.41, 5.74) is 6.16. The predicted molar refractivity (Wildman–Crippen MR) is 143 cm³/mol. The molecule has 3 aromatic heterocycles. The Bertz CT molecular complexity index is 1490. The molecule has 1 aliphatic heterocycles. The molecule has 0 spiro atoms. The smallest absolute Gasteiger partial charge is 0.219 e. The van der Waals surface area contributed by atoms with Gasteiger partial charge in [-0.1, -0.05) is 6.07 Å². The maximum Gasteiger partial charge on any atom is 0.219 e. The van der Waals surface area contributed by atoms with Crippen LogP contribution in [0.5, 0.6) is 11.6 Å². The van der Waals surface area contributed by atoms with E-state index in [2.05, 4.69) is 48.6 Å².